The molecule has 0 unspecified atom stereocenters. The van der Waals surface area contributed by atoms with Crippen molar-refractivity contribution in [2.24, 2.45) is 5.92 Å². The van der Waals surface area contributed by atoms with E-state index in [0.717, 1.165) is 17.6 Å². The summed E-state index contributed by atoms with van der Waals surface area (Å²) < 4.78 is 3.47. The standard InChI is InChI=1S/C24H24N2S/c1-2-6-19(7-3-1)10-11-20-12-14-22(15-13-20)27-26-18-21-16-17-25-24-9-5-4-8-23(21)24/h4-5,8-9,12-17,19,26H,1-3,6-7,18H2. The highest BCUT2D eigenvalue weighted by Crippen LogP contribution is 2.23. The van der Waals surface area contributed by atoms with Crippen LogP contribution in [0.15, 0.2) is 65.7 Å². The molecule has 0 bridgehead atoms. The van der Waals surface area contributed by atoms with Gasteiger partial charge in [0.1, 0.15) is 0 Å². The molecule has 3 heteroatoms. The molecule has 0 atom stereocenters. The topological polar surface area (TPSA) is 24.9 Å². The Hall–Kier alpha value is -2.28. The van der Waals surface area contributed by atoms with Crippen LogP contribution in [0.2, 0.25) is 0 Å². The highest BCUT2D eigenvalue weighted by Gasteiger charge is 2.09. The first kappa shape index (κ1) is 18.1. The Kier molecular flexibility index (Phi) is 6.09. The monoisotopic (exact) mass is 372 g/mol. The Morgan fingerprint density at radius 3 is 2.63 bits per heavy atom. The van der Waals surface area contributed by atoms with Gasteiger partial charge in [-0.05, 0) is 66.8 Å². The van der Waals surface area contributed by atoms with Gasteiger partial charge in [0.2, 0.25) is 0 Å². The van der Waals surface area contributed by atoms with E-state index < -0.39 is 0 Å². The molecule has 0 aliphatic heterocycles. The summed E-state index contributed by atoms with van der Waals surface area (Å²) in [7, 11) is 0. The molecule has 1 aliphatic rings. The highest BCUT2D eigenvalue weighted by molar-refractivity contribution is 7.97. The minimum atomic E-state index is 0.602. The second-order valence-electron chi connectivity index (χ2n) is 7.04. The second kappa shape index (κ2) is 9.08. The van der Waals surface area contributed by atoms with Crippen LogP contribution in [0.5, 0.6) is 0 Å². The van der Waals surface area contributed by atoms with Gasteiger partial charge in [0, 0.05) is 34.5 Å². The summed E-state index contributed by atoms with van der Waals surface area (Å²) in [4.78, 5) is 5.63. The molecule has 1 fully saturated rings. The normalized spacial score (nSPS) is 14.7. The van der Waals surface area contributed by atoms with E-state index in [1.165, 1.54) is 47.9 Å². The van der Waals surface area contributed by atoms with Crippen molar-refractivity contribution in [2.45, 2.75) is 43.5 Å². The van der Waals surface area contributed by atoms with Gasteiger partial charge >= 0.3 is 0 Å². The van der Waals surface area contributed by atoms with E-state index in [4.69, 9.17) is 0 Å². The molecule has 136 valence electrons. The fourth-order valence-electron chi connectivity index (χ4n) is 3.55. The van der Waals surface area contributed by atoms with Crippen LogP contribution in [-0.4, -0.2) is 4.98 Å². The number of hydrogen-bond acceptors (Lipinski definition) is 3. The average Bonchev–Trinajstić information content (AvgIpc) is 2.74. The summed E-state index contributed by atoms with van der Waals surface area (Å²) >= 11 is 1.66. The number of para-hydroxylation sites is 1. The summed E-state index contributed by atoms with van der Waals surface area (Å²) in [5.74, 6) is 7.42. The number of hydrogen-bond donors (Lipinski definition) is 1. The number of rotatable bonds is 4. The molecule has 1 saturated carbocycles. The maximum Gasteiger partial charge on any atom is 0.0705 e. The van der Waals surface area contributed by atoms with E-state index in [-0.39, 0.29) is 0 Å². The third kappa shape index (κ3) is 4.91. The zero-order valence-corrected chi connectivity index (χ0v) is 16.3. The van der Waals surface area contributed by atoms with Gasteiger partial charge in [-0.1, -0.05) is 49.3 Å². The largest absolute Gasteiger partial charge is 0.256 e. The van der Waals surface area contributed by atoms with Crippen molar-refractivity contribution in [3.8, 4) is 11.8 Å². The van der Waals surface area contributed by atoms with Gasteiger partial charge in [-0.2, -0.15) is 0 Å². The van der Waals surface area contributed by atoms with Gasteiger partial charge in [-0.3, -0.25) is 9.71 Å². The predicted octanol–water partition coefficient (Wildman–Crippen LogP) is 5.96. The molecule has 4 rings (SSSR count). The summed E-state index contributed by atoms with van der Waals surface area (Å²) in [6.45, 7) is 0.803. The molecule has 1 N–H and O–H groups in total. The summed E-state index contributed by atoms with van der Waals surface area (Å²) in [5.41, 5.74) is 3.43. The molecule has 0 amide bonds. The molecular formula is C24H24N2S. The Labute approximate surface area is 165 Å². The number of aromatic nitrogens is 1. The van der Waals surface area contributed by atoms with Crippen LogP contribution in [0.1, 0.15) is 43.2 Å². The van der Waals surface area contributed by atoms with Crippen molar-refractivity contribution in [1.29, 1.82) is 0 Å². The van der Waals surface area contributed by atoms with Gasteiger partial charge in [0.15, 0.2) is 0 Å². The van der Waals surface area contributed by atoms with Crippen LogP contribution >= 0.6 is 11.9 Å². The molecule has 27 heavy (non-hydrogen) atoms. The Balaban J connectivity index is 1.33. The van der Waals surface area contributed by atoms with Crippen molar-refractivity contribution < 1.29 is 0 Å². The van der Waals surface area contributed by atoms with Crippen molar-refractivity contribution in [3.05, 3.63) is 71.9 Å². The highest BCUT2D eigenvalue weighted by atomic mass is 32.2. The zero-order valence-electron chi connectivity index (χ0n) is 15.4. The smallest absolute Gasteiger partial charge is 0.0705 e. The average molecular weight is 373 g/mol. The lowest BCUT2D eigenvalue weighted by Gasteiger charge is -2.15. The van der Waals surface area contributed by atoms with E-state index in [1.54, 1.807) is 11.9 Å². The van der Waals surface area contributed by atoms with Crippen molar-refractivity contribution in [1.82, 2.24) is 9.71 Å². The van der Waals surface area contributed by atoms with E-state index in [9.17, 15) is 0 Å². The molecule has 2 nitrogen and oxygen atoms in total. The molecule has 1 aliphatic carbocycles. The molecule has 0 spiro atoms. The molecule has 3 aromatic rings. The first-order valence-corrected chi connectivity index (χ1v) is 10.5. The maximum atomic E-state index is 4.42. The molecule has 0 saturated heterocycles. The Bertz CT molecular complexity index is 942. The number of benzene rings is 2. The van der Waals surface area contributed by atoms with Gasteiger partial charge in [0.25, 0.3) is 0 Å². The van der Waals surface area contributed by atoms with Crippen molar-refractivity contribution in [2.75, 3.05) is 0 Å². The van der Waals surface area contributed by atoms with Crippen LogP contribution in [0.4, 0.5) is 0 Å². The third-order valence-corrected chi connectivity index (χ3v) is 5.87. The number of nitrogens with one attached hydrogen (secondary N) is 1. The van der Waals surface area contributed by atoms with Gasteiger partial charge in [-0.15, -0.1) is 0 Å². The lowest BCUT2D eigenvalue weighted by Crippen LogP contribution is -2.04. The second-order valence-corrected chi connectivity index (χ2v) is 8.00. The summed E-state index contributed by atoms with van der Waals surface area (Å²) in [5, 5.41) is 1.21. The number of nitrogens with zero attached hydrogens (tertiary/aromatic N) is 1. The molecule has 2 aromatic carbocycles. The minimum absolute atomic E-state index is 0.602. The fraction of sp³-hybridized carbons (Fsp3) is 0.292. The van der Waals surface area contributed by atoms with E-state index in [1.807, 2.05) is 12.3 Å². The van der Waals surface area contributed by atoms with E-state index >= 15 is 0 Å². The van der Waals surface area contributed by atoms with Crippen molar-refractivity contribution >= 4 is 22.9 Å². The third-order valence-electron chi connectivity index (χ3n) is 5.07. The van der Waals surface area contributed by atoms with Crippen molar-refractivity contribution in [3.63, 3.8) is 0 Å². The van der Waals surface area contributed by atoms with Crippen LogP contribution in [0.25, 0.3) is 10.9 Å². The molecule has 1 aromatic heterocycles. The van der Waals surface area contributed by atoms with Gasteiger partial charge in [-0.25, -0.2) is 0 Å². The first-order chi connectivity index (χ1) is 13.4. The predicted molar refractivity (Wildman–Crippen MR) is 114 cm³/mol. The van der Waals surface area contributed by atoms with Crippen LogP contribution in [0.3, 0.4) is 0 Å². The molecular weight excluding hydrogens is 348 g/mol. The molecule has 0 radical (unpaired) electrons. The quantitative estimate of drug-likeness (QED) is 0.451. The maximum absolute atomic E-state index is 4.42. The minimum Gasteiger partial charge on any atom is -0.256 e. The van der Waals surface area contributed by atoms with E-state index in [2.05, 4.69) is 70.1 Å². The van der Waals surface area contributed by atoms with Gasteiger partial charge < -0.3 is 0 Å². The Morgan fingerprint density at radius 1 is 0.963 bits per heavy atom. The number of pyridine rings is 1. The van der Waals surface area contributed by atoms with Crippen LogP contribution in [0, 0.1) is 17.8 Å². The van der Waals surface area contributed by atoms with Crippen LogP contribution < -0.4 is 4.72 Å². The zero-order chi connectivity index (χ0) is 18.3. The lowest BCUT2D eigenvalue weighted by molar-refractivity contribution is 0.430. The lowest BCUT2D eigenvalue weighted by atomic mass is 9.90. The summed E-state index contributed by atoms with van der Waals surface area (Å²) in [6.07, 6.45) is 8.49. The SMILES string of the molecule is C(#CC1CCCCC1)c1ccc(SNCc2ccnc3ccccc23)cc1. The number of fused-ring (bicyclic) bond motifs is 1. The first-order valence-electron chi connectivity index (χ1n) is 9.72. The molecule has 1 heterocycles. The van der Waals surface area contributed by atoms with E-state index in [0.29, 0.717) is 5.92 Å². The van der Waals surface area contributed by atoms with Crippen LogP contribution in [-0.2, 0) is 6.54 Å². The fourth-order valence-corrected chi connectivity index (χ4v) is 4.21. The van der Waals surface area contributed by atoms with Gasteiger partial charge in [0.05, 0.1) is 5.52 Å². The Morgan fingerprint density at radius 2 is 1.78 bits per heavy atom. The summed E-state index contributed by atoms with van der Waals surface area (Å²) in [6, 6.07) is 18.9.